The van der Waals surface area contributed by atoms with Gasteiger partial charge in [-0.25, -0.2) is 0 Å². The van der Waals surface area contributed by atoms with E-state index in [2.05, 4.69) is 9.64 Å². The van der Waals surface area contributed by atoms with Crippen LogP contribution >= 0.6 is 0 Å². The van der Waals surface area contributed by atoms with Crippen LogP contribution in [0.25, 0.3) is 0 Å². The van der Waals surface area contributed by atoms with Crippen molar-refractivity contribution in [2.24, 2.45) is 0 Å². The molecule has 0 radical (unpaired) electrons. The van der Waals surface area contributed by atoms with Gasteiger partial charge in [0.25, 0.3) is 0 Å². The first-order valence-electron chi connectivity index (χ1n) is 5.08. The summed E-state index contributed by atoms with van der Waals surface area (Å²) in [5.74, 6) is -0.267. The van der Waals surface area contributed by atoms with Gasteiger partial charge in [-0.2, -0.15) is 5.26 Å². The maximum Gasteiger partial charge on any atom is 0.308 e. The Morgan fingerprint density at radius 2 is 2.07 bits per heavy atom. The average Bonchev–Trinajstić information content (AvgIpc) is 2.25. The molecule has 1 fully saturated rings. The Labute approximate surface area is 84.4 Å². The number of ether oxygens (including phenoxy) is 1. The molecule has 0 unspecified atom stereocenters. The predicted molar refractivity (Wildman–Crippen MR) is 51.5 cm³/mol. The lowest BCUT2D eigenvalue weighted by atomic mass is 10.1. The molecule has 0 aromatic heterocycles. The van der Waals surface area contributed by atoms with E-state index in [1.165, 1.54) is 19.3 Å². The molecular weight excluding hydrogens is 180 g/mol. The first-order valence-corrected chi connectivity index (χ1v) is 5.08. The van der Waals surface area contributed by atoms with Gasteiger partial charge in [0, 0.05) is 6.54 Å². The maximum atomic E-state index is 11.0. The molecule has 4 heteroatoms. The largest absolute Gasteiger partial charge is 0.450 e. The second-order valence-electron chi connectivity index (χ2n) is 3.47. The topological polar surface area (TPSA) is 53.3 Å². The summed E-state index contributed by atoms with van der Waals surface area (Å²) in [6, 6.07) is 1.78. The molecule has 0 aromatic rings. The molecule has 0 N–H and O–H groups in total. The summed E-state index contributed by atoms with van der Waals surface area (Å²) in [6.07, 6.45) is 4.16. The van der Waals surface area contributed by atoms with Gasteiger partial charge in [0.15, 0.2) is 6.61 Å². The lowest BCUT2D eigenvalue weighted by Crippen LogP contribution is -2.31. The van der Waals surface area contributed by atoms with Gasteiger partial charge in [-0.1, -0.05) is 6.42 Å². The van der Waals surface area contributed by atoms with Crippen LogP contribution in [-0.4, -0.2) is 37.1 Å². The molecule has 0 saturated carbocycles. The number of hydrogen-bond acceptors (Lipinski definition) is 4. The summed E-state index contributed by atoms with van der Waals surface area (Å²) in [5.41, 5.74) is 0. The van der Waals surface area contributed by atoms with E-state index in [1.807, 2.05) is 0 Å². The maximum absolute atomic E-state index is 11.0. The Balaban J connectivity index is 2.07. The van der Waals surface area contributed by atoms with Crippen molar-refractivity contribution in [3.63, 3.8) is 0 Å². The molecule has 0 aromatic carbocycles. The molecule has 0 amide bonds. The zero-order chi connectivity index (χ0) is 10.2. The Morgan fingerprint density at radius 3 is 2.71 bits per heavy atom. The van der Waals surface area contributed by atoms with Crippen LogP contribution in [0.15, 0.2) is 0 Å². The molecule has 1 rings (SSSR count). The van der Waals surface area contributed by atoms with Crippen molar-refractivity contribution in [3.05, 3.63) is 0 Å². The quantitative estimate of drug-likeness (QED) is 0.628. The van der Waals surface area contributed by atoms with Crippen molar-refractivity contribution in [1.29, 1.82) is 5.26 Å². The van der Waals surface area contributed by atoms with Crippen molar-refractivity contribution in [2.75, 3.05) is 26.2 Å². The fourth-order valence-corrected chi connectivity index (χ4v) is 1.62. The van der Waals surface area contributed by atoms with Crippen LogP contribution in [-0.2, 0) is 9.53 Å². The highest BCUT2D eigenvalue weighted by Crippen LogP contribution is 2.08. The van der Waals surface area contributed by atoms with Crippen LogP contribution in [0.2, 0.25) is 0 Å². The molecule has 0 atom stereocenters. The van der Waals surface area contributed by atoms with Crippen LogP contribution < -0.4 is 0 Å². The molecule has 0 aliphatic carbocycles. The van der Waals surface area contributed by atoms with Gasteiger partial charge in [-0.3, -0.25) is 4.79 Å². The van der Waals surface area contributed by atoms with Crippen LogP contribution in [0.3, 0.4) is 0 Å². The van der Waals surface area contributed by atoms with Gasteiger partial charge < -0.3 is 9.64 Å². The number of rotatable bonds is 4. The Morgan fingerprint density at radius 1 is 1.36 bits per heavy atom. The molecule has 78 valence electrons. The zero-order valence-corrected chi connectivity index (χ0v) is 8.37. The number of carbonyl (C=O) groups excluding carboxylic acids is 1. The first kappa shape index (κ1) is 11.0. The molecule has 14 heavy (non-hydrogen) atoms. The van der Waals surface area contributed by atoms with Crippen molar-refractivity contribution < 1.29 is 9.53 Å². The summed E-state index contributed by atoms with van der Waals surface area (Å²) in [6.45, 7) is 2.82. The van der Waals surface area contributed by atoms with Crippen LogP contribution in [0.1, 0.15) is 25.7 Å². The highest BCUT2D eigenvalue weighted by Gasteiger charge is 2.11. The molecule has 1 aliphatic rings. The number of nitrogens with zero attached hydrogens (tertiary/aromatic N) is 2. The number of nitriles is 1. The molecule has 0 bridgehead atoms. The van der Waals surface area contributed by atoms with E-state index in [0.29, 0.717) is 6.42 Å². The number of carbonyl (C=O) groups is 1. The third-order valence-corrected chi connectivity index (χ3v) is 2.38. The standard InChI is InChI=1S/C10H16N2O2/c11-5-9-14-10(13)4-8-12-6-2-1-3-7-12/h1-4,6-9H2. The fourth-order valence-electron chi connectivity index (χ4n) is 1.62. The number of esters is 1. The van der Waals surface area contributed by atoms with Crippen molar-refractivity contribution in [2.45, 2.75) is 25.7 Å². The predicted octanol–water partition coefficient (Wildman–Crippen LogP) is 0.929. The van der Waals surface area contributed by atoms with Gasteiger partial charge in [-0.15, -0.1) is 0 Å². The van der Waals surface area contributed by atoms with Gasteiger partial charge in [0.05, 0.1) is 6.42 Å². The van der Waals surface area contributed by atoms with E-state index in [-0.39, 0.29) is 12.6 Å². The molecule has 4 nitrogen and oxygen atoms in total. The van der Waals surface area contributed by atoms with Crippen LogP contribution in [0.5, 0.6) is 0 Å². The normalized spacial score (nSPS) is 17.4. The zero-order valence-electron chi connectivity index (χ0n) is 8.37. The summed E-state index contributed by atoms with van der Waals surface area (Å²) in [4.78, 5) is 13.3. The van der Waals surface area contributed by atoms with E-state index in [1.54, 1.807) is 6.07 Å². The Bertz CT molecular complexity index is 217. The van der Waals surface area contributed by atoms with Gasteiger partial charge in [0.1, 0.15) is 6.07 Å². The SMILES string of the molecule is N#CCOC(=O)CCN1CCCCC1. The van der Waals surface area contributed by atoms with Crippen molar-refractivity contribution >= 4 is 5.97 Å². The van der Waals surface area contributed by atoms with Gasteiger partial charge >= 0.3 is 5.97 Å². The van der Waals surface area contributed by atoms with Crippen LogP contribution in [0, 0.1) is 11.3 Å². The minimum Gasteiger partial charge on any atom is -0.450 e. The van der Waals surface area contributed by atoms with E-state index in [9.17, 15) is 4.79 Å². The number of piperidine rings is 1. The number of hydrogen-bond donors (Lipinski definition) is 0. The highest BCUT2D eigenvalue weighted by molar-refractivity contribution is 5.69. The smallest absolute Gasteiger partial charge is 0.308 e. The van der Waals surface area contributed by atoms with Gasteiger partial charge in [0.2, 0.25) is 0 Å². The van der Waals surface area contributed by atoms with E-state index < -0.39 is 0 Å². The summed E-state index contributed by atoms with van der Waals surface area (Å²) in [7, 11) is 0. The highest BCUT2D eigenvalue weighted by atomic mass is 16.5. The van der Waals surface area contributed by atoms with E-state index in [0.717, 1.165) is 19.6 Å². The molecule has 0 spiro atoms. The van der Waals surface area contributed by atoms with Gasteiger partial charge in [-0.05, 0) is 25.9 Å². The lowest BCUT2D eigenvalue weighted by Gasteiger charge is -2.25. The third-order valence-electron chi connectivity index (χ3n) is 2.38. The Kier molecular flexibility index (Phi) is 5.02. The Hall–Kier alpha value is -1.08. The van der Waals surface area contributed by atoms with Crippen molar-refractivity contribution in [3.8, 4) is 6.07 Å². The fraction of sp³-hybridized carbons (Fsp3) is 0.800. The van der Waals surface area contributed by atoms with Crippen LogP contribution in [0.4, 0.5) is 0 Å². The summed E-state index contributed by atoms with van der Waals surface area (Å²) in [5, 5.41) is 8.19. The monoisotopic (exact) mass is 196 g/mol. The molecule has 1 heterocycles. The average molecular weight is 196 g/mol. The molecule has 1 saturated heterocycles. The number of likely N-dealkylation sites (tertiary alicyclic amines) is 1. The summed E-state index contributed by atoms with van der Waals surface area (Å²) < 4.78 is 4.66. The van der Waals surface area contributed by atoms with Crippen molar-refractivity contribution in [1.82, 2.24) is 4.90 Å². The minimum absolute atomic E-state index is 0.126. The molecular formula is C10H16N2O2. The first-order chi connectivity index (χ1) is 6.83. The third kappa shape index (κ3) is 4.24. The lowest BCUT2D eigenvalue weighted by molar-refractivity contribution is -0.142. The van der Waals surface area contributed by atoms with E-state index in [4.69, 9.17) is 5.26 Å². The summed E-state index contributed by atoms with van der Waals surface area (Å²) >= 11 is 0. The molecule has 1 aliphatic heterocycles. The minimum atomic E-state index is -0.267. The second kappa shape index (κ2) is 6.39. The second-order valence-corrected chi connectivity index (χ2v) is 3.47. The van der Waals surface area contributed by atoms with E-state index >= 15 is 0 Å².